The molecule has 0 aliphatic carbocycles. The maximum atomic E-state index is 12.2. The number of hydrogen-bond donors (Lipinski definition) is 2. The largest absolute Gasteiger partial charge is 0.468 e. The second-order valence-electron chi connectivity index (χ2n) is 8.52. The lowest BCUT2D eigenvalue weighted by molar-refractivity contribution is -0.143. The van der Waals surface area contributed by atoms with Crippen molar-refractivity contribution in [2.24, 2.45) is 0 Å². The number of benzene rings is 1. The van der Waals surface area contributed by atoms with E-state index in [-0.39, 0.29) is 18.1 Å². The predicted molar refractivity (Wildman–Crippen MR) is 126 cm³/mol. The third-order valence-electron chi connectivity index (χ3n) is 6.11. The first-order valence-electron chi connectivity index (χ1n) is 11.8. The second kappa shape index (κ2) is 12.5. The van der Waals surface area contributed by atoms with E-state index in [1.165, 1.54) is 43.2 Å². The summed E-state index contributed by atoms with van der Waals surface area (Å²) in [5, 5.41) is 6.86. The molecule has 2 aromatic rings. The van der Waals surface area contributed by atoms with Gasteiger partial charge in [0.25, 0.3) is 0 Å². The molecule has 5 nitrogen and oxygen atoms in total. The normalized spacial score (nSPS) is 14.9. The van der Waals surface area contributed by atoms with Crippen molar-refractivity contribution >= 4 is 11.8 Å². The van der Waals surface area contributed by atoms with Gasteiger partial charge in [-0.15, -0.1) is 0 Å². The Balaban J connectivity index is 1.33. The molecule has 5 heteroatoms. The van der Waals surface area contributed by atoms with Gasteiger partial charge in [0.1, 0.15) is 11.9 Å². The van der Waals surface area contributed by atoms with Gasteiger partial charge in [0.15, 0.2) is 0 Å². The molecule has 0 saturated heterocycles. The van der Waals surface area contributed by atoms with Crippen molar-refractivity contribution in [1.82, 2.24) is 10.3 Å². The van der Waals surface area contributed by atoms with Crippen LogP contribution in [0.2, 0.25) is 0 Å². The number of anilines is 1. The number of ether oxygens (including phenoxy) is 1. The minimum atomic E-state index is -0.257. The number of nitrogens with one attached hydrogen (secondary N) is 2. The van der Waals surface area contributed by atoms with Gasteiger partial charge in [-0.25, -0.2) is 4.98 Å². The van der Waals surface area contributed by atoms with Crippen LogP contribution in [0, 0.1) is 0 Å². The highest BCUT2D eigenvalue weighted by atomic mass is 16.5. The molecule has 1 aliphatic rings. The van der Waals surface area contributed by atoms with Crippen LogP contribution in [-0.2, 0) is 22.4 Å². The lowest BCUT2D eigenvalue weighted by Crippen LogP contribution is -2.39. The van der Waals surface area contributed by atoms with Gasteiger partial charge >= 0.3 is 5.97 Å². The van der Waals surface area contributed by atoms with Gasteiger partial charge in [-0.3, -0.25) is 10.1 Å². The van der Waals surface area contributed by atoms with Gasteiger partial charge < -0.3 is 10.1 Å². The van der Waals surface area contributed by atoms with Crippen LogP contribution in [0.15, 0.2) is 42.5 Å². The van der Waals surface area contributed by atoms with E-state index in [9.17, 15) is 4.79 Å². The summed E-state index contributed by atoms with van der Waals surface area (Å²) in [6, 6.07) is 14.5. The highest BCUT2D eigenvalue weighted by Crippen LogP contribution is 2.21. The summed E-state index contributed by atoms with van der Waals surface area (Å²) in [6.07, 6.45) is 9.89. The first-order chi connectivity index (χ1) is 15.2. The molecule has 1 aromatic heterocycles. The van der Waals surface area contributed by atoms with E-state index < -0.39 is 0 Å². The molecule has 2 atom stereocenters. The Bertz CT molecular complexity index is 810. The maximum absolute atomic E-state index is 12.2. The number of fused-ring (bicyclic) bond motifs is 1. The summed E-state index contributed by atoms with van der Waals surface area (Å²) in [6.45, 7) is 3.13. The van der Waals surface area contributed by atoms with E-state index in [2.05, 4.69) is 41.8 Å². The van der Waals surface area contributed by atoms with Crippen molar-refractivity contribution < 1.29 is 9.53 Å². The van der Waals surface area contributed by atoms with E-state index >= 15 is 0 Å². The molecule has 31 heavy (non-hydrogen) atoms. The van der Waals surface area contributed by atoms with Gasteiger partial charge in [0.05, 0.1) is 7.11 Å². The van der Waals surface area contributed by atoms with Crippen molar-refractivity contribution in [1.29, 1.82) is 0 Å². The van der Waals surface area contributed by atoms with Crippen LogP contribution in [0.1, 0.15) is 74.7 Å². The molecule has 0 bridgehead atoms. The topological polar surface area (TPSA) is 63.2 Å². The third-order valence-corrected chi connectivity index (χ3v) is 6.11. The van der Waals surface area contributed by atoms with E-state index in [0.717, 1.165) is 50.9 Å². The zero-order valence-electron chi connectivity index (χ0n) is 19.0. The number of pyridine rings is 1. The Hall–Kier alpha value is -2.40. The van der Waals surface area contributed by atoms with Crippen LogP contribution in [0.5, 0.6) is 0 Å². The molecular weight excluding hydrogens is 386 g/mol. The Labute approximate surface area is 187 Å². The molecule has 0 radical (unpaired) electrons. The van der Waals surface area contributed by atoms with Crippen LogP contribution in [0.3, 0.4) is 0 Å². The fraction of sp³-hybridized carbons (Fsp3) is 0.538. The van der Waals surface area contributed by atoms with Crippen LogP contribution in [0.4, 0.5) is 5.82 Å². The van der Waals surface area contributed by atoms with E-state index in [1.807, 2.05) is 18.2 Å². The average molecular weight is 424 g/mol. The Morgan fingerprint density at radius 1 is 1.10 bits per heavy atom. The summed E-state index contributed by atoms with van der Waals surface area (Å²) in [4.78, 5) is 17.0. The van der Waals surface area contributed by atoms with E-state index in [4.69, 9.17) is 9.72 Å². The number of carbonyl (C=O) groups is 1. The van der Waals surface area contributed by atoms with E-state index in [1.54, 1.807) is 0 Å². The Kier molecular flexibility index (Phi) is 9.35. The van der Waals surface area contributed by atoms with Crippen molar-refractivity contribution in [3.8, 4) is 0 Å². The fourth-order valence-electron chi connectivity index (χ4n) is 4.24. The summed E-state index contributed by atoms with van der Waals surface area (Å²) in [5.74, 6) is 0.921. The Morgan fingerprint density at radius 3 is 2.68 bits per heavy atom. The van der Waals surface area contributed by atoms with Crippen LogP contribution in [0.25, 0.3) is 0 Å². The highest BCUT2D eigenvalue weighted by molar-refractivity contribution is 5.75. The number of hydrogen-bond acceptors (Lipinski definition) is 5. The SMILES string of the molecule is COC(=O)C(CCCCCCCc1ccc2c(n1)NCCC2)NC(C)c1ccccc1. The van der Waals surface area contributed by atoms with Crippen molar-refractivity contribution in [3.63, 3.8) is 0 Å². The Morgan fingerprint density at radius 2 is 1.87 bits per heavy atom. The smallest absolute Gasteiger partial charge is 0.322 e. The van der Waals surface area contributed by atoms with Crippen LogP contribution in [-0.4, -0.2) is 30.6 Å². The fourth-order valence-corrected chi connectivity index (χ4v) is 4.24. The summed E-state index contributed by atoms with van der Waals surface area (Å²) < 4.78 is 5.02. The number of unbranched alkanes of at least 4 members (excludes halogenated alkanes) is 4. The van der Waals surface area contributed by atoms with Gasteiger partial charge in [0, 0.05) is 18.3 Å². The standard InChI is InChI=1S/C26H37N3O2/c1-20(21-12-7-6-8-13-21)28-24(26(30)31-2)16-10-5-3-4-9-15-23-18-17-22-14-11-19-27-25(22)29-23/h6-8,12-13,17-18,20,24,28H,3-5,9-11,14-16,19H2,1-2H3,(H,27,29). The number of aryl methyl sites for hydroxylation is 2. The summed E-state index contributed by atoms with van der Waals surface area (Å²) in [7, 11) is 1.47. The van der Waals surface area contributed by atoms with Gasteiger partial charge in [0.2, 0.25) is 0 Å². The average Bonchev–Trinajstić information content (AvgIpc) is 2.82. The molecule has 2 heterocycles. The quantitative estimate of drug-likeness (QED) is 0.362. The number of carbonyl (C=O) groups excluding carboxylic acids is 1. The third kappa shape index (κ3) is 7.35. The number of rotatable bonds is 12. The number of nitrogens with zero attached hydrogens (tertiary/aromatic N) is 1. The minimum Gasteiger partial charge on any atom is -0.468 e. The first-order valence-corrected chi connectivity index (χ1v) is 11.8. The van der Waals surface area contributed by atoms with Crippen LogP contribution >= 0.6 is 0 Å². The summed E-state index contributed by atoms with van der Waals surface area (Å²) >= 11 is 0. The molecule has 3 rings (SSSR count). The van der Waals surface area contributed by atoms with E-state index in [0.29, 0.717) is 0 Å². The van der Waals surface area contributed by atoms with Crippen molar-refractivity contribution in [2.45, 2.75) is 76.8 Å². The first kappa shape index (κ1) is 23.3. The molecule has 2 unspecified atom stereocenters. The lowest BCUT2D eigenvalue weighted by atomic mass is 10.0. The van der Waals surface area contributed by atoms with Gasteiger partial charge in [-0.05, 0) is 56.2 Å². The molecule has 1 aromatic carbocycles. The number of methoxy groups -OCH3 is 1. The van der Waals surface area contributed by atoms with Crippen LogP contribution < -0.4 is 10.6 Å². The number of aromatic nitrogens is 1. The molecular formula is C26H37N3O2. The number of esters is 1. The van der Waals surface area contributed by atoms with Gasteiger partial charge in [-0.1, -0.05) is 62.1 Å². The van der Waals surface area contributed by atoms with Crippen molar-refractivity contribution in [2.75, 3.05) is 19.0 Å². The minimum absolute atomic E-state index is 0.115. The predicted octanol–water partition coefficient (Wildman–Crippen LogP) is 5.22. The molecule has 0 spiro atoms. The molecule has 1 aliphatic heterocycles. The second-order valence-corrected chi connectivity index (χ2v) is 8.52. The molecule has 2 N–H and O–H groups in total. The molecule has 0 fully saturated rings. The lowest BCUT2D eigenvalue weighted by Gasteiger charge is -2.22. The molecule has 0 amide bonds. The molecule has 0 saturated carbocycles. The zero-order valence-corrected chi connectivity index (χ0v) is 19.0. The van der Waals surface area contributed by atoms with Gasteiger partial charge in [-0.2, -0.15) is 0 Å². The highest BCUT2D eigenvalue weighted by Gasteiger charge is 2.21. The maximum Gasteiger partial charge on any atom is 0.322 e. The zero-order chi connectivity index (χ0) is 21.9. The monoisotopic (exact) mass is 423 g/mol. The summed E-state index contributed by atoms with van der Waals surface area (Å²) in [5.41, 5.74) is 3.73. The van der Waals surface area contributed by atoms with Crippen molar-refractivity contribution in [3.05, 3.63) is 59.3 Å². The molecule has 168 valence electrons.